The Kier molecular flexibility index (Phi) is 6.01. The van der Waals surface area contributed by atoms with E-state index in [1.165, 1.54) is 10.6 Å². The van der Waals surface area contributed by atoms with E-state index in [0.717, 1.165) is 17.7 Å². The van der Waals surface area contributed by atoms with E-state index in [1.54, 1.807) is 12.1 Å². The molecule has 0 aliphatic carbocycles. The highest BCUT2D eigenvalue weighted by Crippen LogP contribution is 2.14. The number of hydrazone groups is 1. The van der Waals surface area contributed by atoms with Gasteiger partial charge in [-0.1, -0.05) is 56.3 Å². The molecule has 5 nitrogen and oxygen atoms in total. The van der Waals surface area contributed by atoms with Crippen molar-refractivity contribution >= 4 is 17.6 Å². The molecule has 5 heteroatoms. The molecule has 0 spiro atoms. The largest absolute Gasteiger partial charge is 0.452 e. The lowest BCUT2D eigenvalue weighted by atomic mass is 10.0. The molecule has 0 unspecified atom stereocenters. The second-order valence-corrected chi connectivity index (χ2v) is 7.05. The van der Waals surface area contributed by atoms with Gasteiger partial charge in [0, 0.05) is 6.42 Å². The zero-order valence-corrected chi connectivity index (χ0v) is 15.7. The molecule has 0 bridgehead atoms. The average Bonchev–Trinajstić information content (AvgIpc) is 3.17. The highest BCUT2D eigenvalue weighted by molar-refractivity contribution is 6.02. The van der Waals surface area contributed by atoms with Crippen LogP contribution < -0.4 is 0 Å². The van der Waals surface area contributed by atoms with E-state index in [9.17, 15) is 9.59 Å². The van der Waals surface area contributed by atoms with E-state index in [4.69, 9.17) is 4.74 Å². The summed E-state index contributed by atoms with van der Waals surface area (Å²) in [7, 11) is 0. The maximum absolute atomic E-state index is 12.3. The fourth-order valence-corrected chi connectivity index (χ4v) is 3.00. The van der Waals surface area contributed by atoms with Crippen LogP contribution in [0.3, 0.4) is 0 Å². The number of carbonyl (C=O) groups is 2. The minimum absolute atomic E-state index is 0.307. The molecule has 0 saturated heterocycles. The summed E-state index contributed by atoms with van der Waals surface area (Å²) in [4.78, 5) is 24.4. The standard InChI is InChI=1S/C22H24N2O3/c1-16(2)14-17-8-10-19(11-9-17)22(26)27-15-21(25)24-13-12-20(23-24)18-6-4-3-5-7-18/h3-11,16H,12-15H2,1-2H3. The number of ether oxygens (including phenoxy) is 1. The molecular weight excluding hydrogens is 340 g/mol. The molecule has 1 amide bonds. The van der Waals surface area contributed by atoms with Gasteiger partial charge in [-0.3, -0.25) is 4.79 Å². The van der Waals surface area contributed by atoms with Crippen molar-refractivity contribution in [1.82, 2.24) is 5.01 Å². The average molecular weight is 364 g/mol. The molecule has 0 saturated carbocycles. The van der Waals surface area contributed by atoms with Crippen molar-refractivity contribution in [2.75, 3.05) is 13.2 Å². The fourth-order valence-electron chi connectivity index (χ4n) is 3.00. The summed E-state index contributed by atoms with van der Waals surface area (Å²) in [5.41, 5.74) is 3.50. The maximum atomic E-state index is 12.3. The summed E-state index contributed by atoms with van der Waals surface area (Å²) in [5, 5.41) is 5.73. The van der Waals surface area contributed by atoms with Crippen LogP contribution in [0.5, 0.6) is 0 Å². The Hall–Kier alpha value is -2.95. The Morgan fingerprint density at radius 1 is 1.07 bits per heavy atom. The Balaban J connectivity index is 1.53. The van der Waals surface area contributed by atoms with Gasteiger partial charge in [0.25, 0.3) is 5.91 Å². The Bertz CT molecular complexity index is 826. The van der Waals surface area contributed by atoms with Crippen LogP contribution in [0.1, 0.15) is 41.8 Å². The van der Waals surface area contributed by atoms with Crippen LogP contribution in [-0.2, 0) is 16.0 Å². The maximum Gasteiger partial charge on any atom is 0.338 e. The number of hydrogen-bond acceptors (Lipinski definition) is 4. The molecule has 2 aromatic carbocycles. The molecule has 1 aliphatic heterocycles. The molecule has 1 aliphatic rings. The summed E-state index contributed by atoms with van der Waals surface area (Å²) in [6.07, 6.45) is 1.66. The number of carbonyl (C=O) groups excluding carboxylic acids is 2. The molecule has 140 valence electrons. The molecule has 1 heterocycles. The minimum atomic E-state index is -0.495. The van der Waals surface area contributed by atoms with Crippen molar-refractivity contribution < 1.29 is 14.3 Å². The third kappa shape index (κ3) is 5.03. The molecule has 2 aromatic rings. The minimum Gasteiger partial charge on any atom is -0.452 e. The van der Waals surface area contributed by atoms with E-state index in [0.29, 0.717) is 24.4 Å². The van der Waals surface area contributed by atoms with Crippen LogP contribution in [0.2, 0.25) is 0 Å². The van der Waals surface area contributed by atoms with E-state index >= 15 is 0 Å². The van der Waals surface area contributed by atoms with Crippen LogP contribution in [0.25, 0.3) is 0 Å². The molecule has 0 aromatic heterocycles. The highest BCUT2D eigenvalue weighted by Gasteiger charge is 2.22. The van der Waals surface area contributed by atoms with Gasteiger partial charge >= 0.3 is 5.97 Å². The van der Waals surface area contributed by atoms with Gasteiger partial charge in [0.2, 0.25) is 0 Å². The van der Waals surface area contributed by atoms with Crippen LogP contribution in [0.15, 0.2) is 59.7 Å². The lowest BCUT2D eigenvalue weighted by molar-refractivity contribution is -0.134. The Morgan fingerprint density at radius 2 is 1.78 bits per heavy atom. The van der Waals surface area contributed by atoms with Crippen molar-refractivity contribution in [3.8, 4) is 0 Å². The van der Waals surface area contributed by atoms with E-state index in [2.05, 4.69) is 18.9 Å². The third-order valence-electron chi connectivity index (χ3n) is 4.36. The van der Waals surface area contributed by atoms with Gasteiger partial charge in [-0.25, -0.2) is 9.80 Å². The predicted octanol–water partition coefficient (Wildman–Crippen LogP) is 3.68. The first-order valence-corrected chi connectivity index (χ1v) is 9.22. The van der Waals surface area contributed by atoms with E-state index < -0.39 is 5.97 Å². The fraction of sp³-hybridized carbons (Fsp3) is 0.318. The van der Waals surface area contributed by atoms with Gasteiger partial charge in [-0.2, -0.15) is 5.10 Å². The first-order valence-electron chi connectivity index (χ1n) is 9.22. The monoisotopic (exact) mass is 364 g/mol. The molecule has 27 heavy (non-hydrogen) atoms. The molecular formula is C22H24N2O3. The zero-order valence-electron chi connectivity index (χ0n) is 15.7. The quantitative estimate of drug-likeness (QED) is 0.735. The van der Waals surface area contributed by atoms with E-state index in [1.807, 2.05) is 42.5 Å². The molecule has 0 radical (unpaired) electrons. The van der Waals surface area contributed by atoms with Gasteiger partial charge in [0.05, 0.1) is 17.8 Å². The second-order valence-electron chi connectivity index (χ2n) is 7.05. The van der Waals surface area contributed by atoms with Gasteiger partial charge in [0.1, 0.15) is 0 Å². The SMILES string of the molecule is CC(C)Cc1ccc(C(=O)OCC(=O)N2CCC(c3ccccc3)=N2)cc1. The van der Waals surface area contributed by atoms with Crippen LogP contribution in [0.4, 0.5) is 0 Å². The summed E-state index contributed by atoms with van der Waals surface area (Å²) in [5.74, 6) is -0.251. The van der Waals surface area contributed by atoms with Crippen LogP contribution >= 0.6 is 0 Å². The van der Waals surface area contributed by atoms with Crippen LogP contribution in [0, 0.1) is 5.92 Å². The third-order valence-corrected chi connectivity index (χ3v) is 4.36. The second kappa shape index (κ2) is 8.62. The summed E-state index contributed by atoms with van der Waals surface area (Å²) in [6.45, 7) is 4.50. The van der Waals surface area contributed by atoms with Gasteiger partial charge < -0.3 is 4.74 Å². The number of nitrogens with zero attached hydrogens (tertiary/aromatic N) is 2. The number of rotatable bonds is 6. The first-order chi connectivity index (χ1) is 13.0. The molecule has 3 rings (SSSR count). The molecule has 0 atom stereocenters. The van der Waals surface area contributed by atoms with Gasteiger partial charge in [0.15, 0.2) is 6.61 Å². The molecule has 0 fully saturated rings. The van der Waals surface area contributed by atoms with E-state index in [-0.39, 0.29) is 12.5 Å². The number of esters is 1. The highest BCUT2D eigenvalue weighted by atomic mass is 16.5. The smallest absolute Gasteiger partial charge is 0.338 e. The normalized spacial score (nSPS) is 13.6. The van der Waals surface area contributed by atoms with Gasteiger partial charge in [-0.05, 0) is 35.6 Å². The molecule has 0 N–H and O–H groups in total. The van der Waals surface area contributed by atoms with Crippen molar-refractivity contribution in [1.29, 1.82) is 0 Å². The van der Waals surface area contributed by atoms with Crippen molar-refractivity contribution in [2.24, 2.45) is 11.0 Å². The first kappa shape index (κ1) is 18.8. The number of hydrogen-bond donors (Lipinski definition) is 0. The lowest BCUT2D eigenvalue weighted by Gasteiger charge is -2.12. The van der Waals surface area contributed by atoms with Crippen molar-refractivity contribution in [3.63, 3.8) is 0 Å². The summed E-state index contributed by atoms with van der Waals surface area (Å²) in [6, 6.07) is 17.1. The van der Waals surface area contributed by atoms with Crippen molar-refractivity contribution in [2.45, 2.75) is 26.7 Å². The lowest BCUT2D eigenvalue weighted by Crippen LogP contribution is -2.28. The summed E-state index contributed by atoms with van der Waals surface area (Å²) >= 11 is 0. The predicted molar refractivity (Wildman–Crippen MR) is 105 cm³/mol. The number of benzene rings is 2. The zero-order chi connectivity index (χ0) is 19.2. The Morgan fingerprint density at radius 3 is 2.44 bits per heavy atom. The summed E-state index contributed by atoms with van der Waals surface area (Å²) < 4.78 is 5.16. The van der Waals surface area contributed by atoms with Gasteiger partial charge in [-0.15, -0.1) is 0 Å². The van der Waals surface area contributed by atoms with Crippen molar-refractivity contribution in [3.05, 3.63) is 71.3 Å². The Labute approximate surface area is 159 Å². The van der Waals surface area contributed by atoms with Crippen LogP contribution in [-0.4, -0.2) is 35.7 Å². The topological polar surface area (TPSA) is 59.0 Å². The number of amides is 1.